The number of hydrogen-bond acceptors (Lipinski definition) is 4. The molecule has 96 valence electrons. The molecule has 0 saturated heterocycles. The summed E-state index contributed by atoms with van der Waals surface area (Å²) < 4.78 is 30.4. The molecule has 18 heavy (non-hydrogen) atoms. The molecule has 0 aromatic carbocycles. The largest absolute Gasteiger partial charge is 0.466 e. The second-order valence-corrected chi connectivity index (χ2v) is 3.65. The van der Waals surface area contributed by atoms with Crippen LogP contribution in [0, 0.1) is 11.3 Å². The van der Waals surface area contributed by atoms with Gasteiger partial charge in [0.15, 0.2) is 5.69 Å². The molecule has 0 N–H and O–H groups in total. The van der Waals surface area contributed by atoms with Crippen LogP contribution < -0.4 is 0 Å². The van der Waals surface area contributed by atoms with E-state index < -0.39 is 23.7 Å². The van der Waals surface area contributed by atoms with Crippen molar-refractivity contribution in [3.05, 3.63) is 28.0 Å². The summed E-state index contributed by atoms with van der Waals surface area (Å²) in [5.41, 5.74) is -1.09. The number of ether oxygens (including phenoxy) is 1. The molecular weight excluding hydrogens is 266 g/mol. The van der Waals surface area contributed by atoms with Crippen LogP contribution in [-0.2, 0) is 16.0 Å². The first-order valence-electron chi connectivity index (χ1n) is 5.02. The Labute approximate surface area is 107 Å². The van der Waals surface area contributed by atoms with Gasteiger partial charge in [0.1, 0.15) is 11.2 Å². The third-order valence-electron chi connectivity index (χ3n) is 2.08. The van der Waals surface area contributed by atoms with E-state index in [2.05, 4.69) is 9.72 Å². The minimum Gasteiger partial charge on any atom is -0.466 e. The predicted octanol–water partition coefficient (Wildman–Crippen LogP) is 2.65. The van der Waals surface area contributed by atoms with E-state index in [-0.39, 0.29) is 23.7 Å². The van der Waals surface area contributed by atoms with Crippen molar-refractivity contribution < 1.29 is 18.3 Å². The third-order valence-corrected chi connectivity index (χ3v) is 2.27. The Morgan fingerprint density at radius 1 is 1.67 bits per heavy atom. The normalized spacial score (nSPS) is 10.2. The summed E-state index contributed by atoms with van der Waals surface area (Å²) in [6, 6.07) is 2.68. The number of nitriles is 1. The van der Waals surface area contributed by atoms with Gasteiger partial charge in [0, 0.05) is 0 Å². The zero-order valence-electron chi connectivity index (χ0n) is 9.41. The van der Waals surface area contributed by atoms with Crippen LogP contribution >= 0.6 is 11.6 Å². The fourth-order valence-corrected chi connectivity index (χ4v) is 1.63. The van der Waals surface area contributed by atoms with Gasteiger partial charge in [0.05, 0.1) is 18.6 Å². The average Bonchev–Trinajstić information content (AvgIpc) is 2.27. The van der Waals surface area contributed by atoms with Crippen molar-refractivity contribution in [3.63, 3.8) is 0 Å². The van der Waals surface area contributed by atoms with Crippen LogP contribution in [-0.4, -0.2) is 17.6 Å². The monoisotopic (exact) mass is 274 g/mol. The van der Waals surface area contributed by atoms with E-state index in [0.29, 0.717) is 0 Å². The highest BCUT2D eigenvalue weighted by Crippen LogP contribution is 2.28. The van der Waals surface area contributed by atoms with Crippen LogP contribution in [0.15, 0.2) is 6.07 Å². The van der Waals surface area contributed by atoms with E-state index in [1.54, 1.807) is 6.92 Å². The second-order valence-electron chi connectivity index (χ2n) is 3.26. The zero-order valence-corrected chi connectivity index (χ0v) is 10.2. The van der Waals surface area contributed by atoms with E-state index in [4.69, 9.17) is 16.9 Å². The van der Waals surface area contributed by atoms with Crippen LogP contribution in [0.1, 0.15) is 30.2 Å². The summed E-state index contributed by atoms with van der Waals surface area (Å²) in [5, 5.41) is 8.62. The lowest BCUT2D eigenvalue weighted by atomic mass is 10.0. The molecule has 0 aliphatic heterocycles. The highest BCUT2D eigenvalue weighted by Gasteiger charge is 2.22. The molecule has 0 atom stereocenters. The number of nitrogens with zero attached hydrogens (tertiary/aromatic N) is 2. The van der Waals surface area contributed by atoms with Gasteiger partial charge < -0.3 is 4.74 Å². The smallest absolute Gasteiger partial charge is 0.310 e. The lowest BCUT2D eigenvalue weighted by molar-refractivity contribution is -0.142. The molecule has 0 bridgehead atoms. The van der Waals surface area contributed by atoms with Crippen molar-refractivity contribution in [2.75, 3.05) is 6.61 Å². The van der Waals surface area contributed by atoms with E-state index in [9.17, 15) is 13.6 Å². The molecule has 0 aliphatic carbocycles. The van der Waals surface area contributed by atoms with Gasteiger partial charge in [0.2, 0.25) is 0 Å². The predicted molar refractivity (Wildman–Crippen MR) is 59.3 cm³/mol. The van der Waals surface area contributed by atoms with Crippen LogP contribution in [0.5, 0.6) is 0 Å². The van der Waals surface area contributed by atoms with Crippen LogP contribution in [0.4, 0.5) is 8.78 Å². The zero-order chi connectivity index (χ0) is 13.7. The van der Waals surface area contributed by atoms with Gasteiger partial charge in [-0.25, -0.2) is 13.8 Å². The first-order chi connectivity index (χ1) is 8.49. The molecule has 1 rings (SSSR count). The maximum absolute atomic E-state index is 12.9. The highest BCUT2D eigenvalue weighted by atomic mass is 35.5. The quantitative estimate of drug-likeness (QED) is 0.625. The van der Waals surface area contributed by atoms with Crippen molar-refractivity contribution in [1.29, 1.82) is 5.26 Å². The molecule has 0 spiro atoms. The maximum Gasteiger partial charge on any atom is 0.310 e. The number of carbonyl (C=O) groups is 1. The summed E-state index contributed by atoms with van der Waals surface area (Å²) in [6.07, 6.45) is -3.28. The SMILES string of the molecule is CCOC(=O)Cc1cc(Cl)nc(C#N)c1C(F)F. The number of rotatable bonds is 4. The number of esters is 1. The molecule has 1 aromatic heterocycles. The first-order valence-corrected chi connectivity index (χ1v) is 5.40. The Morgan fingerprint density at radius 2 is 2.33 bits per heavy atom. The number of halogens is 3. The third kappa shape index (κ3) is 3.37. The molecule has 0 aliphatic rings. The molecule has 1 aromatic rings. The van der Waals surface area contributed by atoms with Crippen LogP contribution in [0.2, 0.25) is 5.15 Å². The molecule has 4 nitrogen and oxygen atoms in total. The van der Waals surface area contributed by atoms with E-state index in [1.165, 1.54) is 6.07 Å². The molecule has 0 amide bonds. The number of pyridine rings is 1. The van der Waals surface area contributed by atoms with Gasteiger partial charge >= 0.3 is 5.97 Å². The minimum absolute atomic E-state index is 0.0417. The van der Waals surface area contributed by atoms with Crippen molar-refractivity contribution in [2.45, 2.75) is 19.8 Å². The molecule has 0 unspecified atom stereocenters. The fraction of sp³-hybridized carbons (Fsp3) is 0.364. The highest BCUT2D eigenvalue weighted by molar-refractivity contribution is 6.29. The summed E-state index contributed by atoms with van der Waals surface area (Å²) in [5.74, 6) is -0.662. The molecule has 1 heterocycles. The van der Waals surface area contributed by atoms with Crippen LogP contribution in [0.25, 0.3) is 0 Å². The summed E-state index contributed by atoms with van der Waals surface area (Å²) in [4.78, 5) is 14.8. The summed E-state index contributed by atoms with van der Waals surface area (Å²) >= 11 is 5.61. The molecular formula is C11H9ClF2N2O2. The Balaban J connectivity index is 3.20. The lowest BCUT2D eigenvalue weighted by Crippen LogP contribution is -2.11. The second kappa shape index (κ2) is 6.26. The van der Waals surface area contributed by atoms with Gasteiger partial charge in [-0.2, -0.15) is 5.26 Å². The Morgan fingerprint density at radius 3 is 2.83 bits per heavy atom. The van der Waals surface area contributed by atoms with E-state index in [1.807, 2.05) is 0 Å². The lowest BCUT2D eigenvalue weighted by Gasteiger charge is -2.10. The topological polar surface area (TPSA) is 63.0 Å². The Kier molecular flexibility index (Phi) is 4.98. The van der Waals surface area contributed by atoms with E-state index >= 15 is 0 Å². The summed E-state index contributed by atoms with van der Waals surface area (Å²) in [6.45, 7) is 1.75. The molecule has 0 fully saturated rings. The number of carbonyl (C=O) groups excluding carboxylic acids is 1. The van der Waals surface area contributed by atoms with Crippen LogP contribution in [0.3, 0.4) is 0 Å². The average molecular weight is 275 g/mol. The van der Waals surface area contributed by atoms with Gasteiger partial charge in [0.25, 0.3) is 6.43 Å². The van der Waals surface area contributed by atoms with Crippen molar-refractivity contribution >= 4 is 17.6 Å². The maximum atomic E-state index is 12.9. The van der Waals surface area contributed by atoms with Crippen molar-refractivity contribution in [3.8, 4) is 6.07 Å². The van der Waals surface area contributed by atoms with Gasteiger partial charge in [-0.3, -0.25) is 4.79 Å². The first kappa shape index (κ1) is 14.3. The van der Waals surface area contributed by atoms with Gasteiger partial charge in [-0.1, -0.05) is 11.6 Å². The number of hydrogen-bond donors (Lipinski definition) is 0. The summed E-state index contributed by atoms with van der Waals surface area (Å²) in [7, 11) is 0. The van der Waals surface area contributed by atoms with Crippen molar-refractivity contribution in [2.24, 2.45) is 0 Å². The van der Waals surface area contributed by atoms with Crippen molar-refractivity contribution in [1.82, 2.24) is 4.98 Å². The van der Waals surface area contributed by atoms with Gasteiger partial charge in [-0.15, -0.1) is 0 Å². The van der Waals surface area contributed by atoms with E-state index in [0.717, 1.165) is 6.07 Å². The standard InChI is InChI=1S/C11H9ClF2N2O2/c1-2-18-9(17)4-6-3-8(12)16-7(5-15)10(6)11(13)14/h3,11H,2,4H2,1H3. The molecule has 0 radical (unpaired) electrons. The Hall–Kier alpha value is -1.74. The van der Waals surface area contributed by atoms with Gasteiger partial charge in [-0.05, 0) is 18.6 Å². The minimum atomic E-state index is -2.91. The molecule has 7 heteroatoms. The molecule has 0 saturated carbocycles. The number of alkyl halides is 2. The fourth-order valence-electron chi connectivity index (χ4n) is 1.42. The Bertz CT molecular complexity index is 501. The number of aromatic nitrogens is 1.